The third-order valence-corrected chi connectivity index (χ3v) is 5.48. The van der Waals surface area contributed by atoms with Crippen molar-refractivity contribution >= 4 is 0 Å². The molecule has 0 aliphatic heterocycles. The van der Waals surface area contributed by atoms with Gasteiger partial charge in [-0.05, 0) is 41.7 Å². The largest absolute Gasteiger partial charge is 0.508 e. The lowest BCUT2D eigenvalue weighted by Gasteiger charge is -2.40. The second kappa shape index (κ2) is 5.12. The molecule has 2 aromatic carbocycles. The van der Waals surface area contributed by atoms with E-state index in [0.29, 0.717) is 5.57 Å². The average Bonchev–Trinajstić information content (AvgIpc) is 2.83. The summed E-state index contributed by atoms with van der Waals surface area (Å²) in [5, 5.41) is 30.8. The predicted molar refractivity (Wildman–Crippen MR) is 89.8 cm³/mol. The molecule has 0 saturated carbocycles. The molecule has 3 atom stereocenters. The highest BCUT2D eigenvalue weighted by molar-refractivity contribution is 5.55. The SMILES string of the molecule is N#CC1=C(N)[C@@]2(O)c3ccccc3CC[C@H]2[C@H]1c1ccc(O)cc1. The summed E-state index contributed by atoms with van der Waals surface area (Å²) in [6.45, 7) is 0. The molecule has 0 radical (unpaired) electrons. The van der Waals surface area contributed by atoms with Gasteiger partial charge in [0.2, 0.25) is 0 Å². The molecule has 2 aliphatic carbocycles. The van der Waals surface area contributed by atoms with Gasteiger partial charge in [-0.25, -0.2) is 0 Å². The van der Waals surface area contributed by atoms with Gasteiger partial charge < -0.3 is 15.9 Å². The summed E-state index contributed by atoms with van der Waals surface area (Å²) in [6, 6.07) is 16.8. The molecule has 120 valence electrons. The topological polar surface area (TPSA) is 90.3 Å². The Morgan fingerprint density at radius 2 is 1.83 bits per heavy atom. The van der Waals surface area contributed by atoms with Gasteiger partial charge in [0.1, 0.15) is 11.4 Å². The van der Waals surface area contributed by atoms with Crippen LogP contribution in [0, 0.1) is 17.2 Å². The summed E-state index contributed by atoms with van der Waals surface area (Å²) >= 11 is 0. The van der Waals surface area contributed by atoms with E-state index in [0.717, 1.165) is 29.5 Å². The minimum Gasteiger partial charge on any atom is -0.508 e. The number of aryl methyl sites for hydroxylation is 1. The van der Waals surface area contributed by atoms with Crippen LogP contribution in [0.25, 0.3) is 0 Å². The normalized spacial score (nSPS) is 28.2. The van der Waals surface area contributed by atoms with Crippen molar-refractivity contribution in [2.45, 2.75) is 24.4 Å². The number of phenolic OH excluding ortho intramolecular Hbond substituents is 1. The molecule has 4 heteroatoms. The van der Waals surface area contributed by atoms with Crippen LogP contribution in [0.5, 0.6) is 5.75 Å². The monoisotopic (exact) mass is 318 g/mol. The van der Waals surface area contributed by atoms with Gasteiger partial charge in [0.25, 0.3) is 0 Å². The van der Waals surface area contributed by atoms with E-state index in [-0.39, 0.29) is 23.3 Å². The fraction of sp³-hybridized carbons (Fsp3) is 0.250. The summed E-state index contributed by atoms with van der Waals surface area (Å²) in [6.07, 6.45) is 1.61. The Hall–Kier alpha value is -2.77. The number of nitriles is 1. The summed E-state index contributed by atoms with van der Waals surface area (Å²) in [5.41, 5.74) is 8.50. The van der Waals surface area contributed by atoms with E-state index in [1.807, 2.05) is 24.3 Å². The molecule has 0 heterocycles. The van der Waals surface area contributed by atoms with Crippen molar-refractivity contribution in [3.05, 3.63) is 76.5 Å². The summed E-state index contributed by atoms with van der Waals surface area (Å²) in [7, 11) is 0. The molecule has 0 fully saturated rings. The average molecular weight is 318 g/mol. The van der Waals surface area contributed by atoms with E-state index < -0.39 is 5.60 Å². The molecule has 0 unspecified atom stereocenters. The van der Waals surface area contributed by atoms with E-state index in [2.05, 4.69) is 6.07 Å². The van der Waals surface area contributed by atoms with Crippen molar-refractivity contribution in [1.29, 1.82) is 5.26 Å². The first-order valence-corrected chi connectivity index (χ1v) is 8.07. The number of nitrogens with zero attached hydrogens (tertiary/aromatic N) is 1. The van der Waals surface area contributed by atoms with Gasteiger partial charge in [0.05, 0.1) is 17.3 Å². The number of allylic oxidation sites excluding steroid dienone is 1. The van der Waals surface area contributed by atoms with Crippen molar-refractivity contribution < 1.29 is 10.2 Å². The van der Waals surface area contributed by atoms with Crippen LogP contribution in [0.15, 0.2) is 59.8 Å². The molecular formula is C20H18N2O2. The number of hydrogen-bond donors (Lipinski definition) is 3. The fourth-order valence-corrected chi connectivity index (χ4v) is 4.37. The lowest BCUT2D eigenvalue weighted by atomic mass is 9.68. The second-order valence-corrected chi connectivity index (χ2v) is 6.58. The van der Waals surface area contributed by atoms with Crippen molar-refractivity contribution in [1.82, 2.24) is 0 Å². The van der Waals surface area contributed by atoms with Gasteiger partial charge in [0, 0.05) is 11.8 Å². The molecule has 2 aromatic rings. The van der Waals surface area contributed by atoms with Gasteiger partial charge in [-0.1, -0.05) is 36.4 Å². The van der Waals surface area contributed by atoms with Gasteiger partial charge >= 0.3 is 0 Å². The standard InChI is InChI=1S/C20H18N2O2/c21-11-15-18(13-5-8-14(23)9-6-13)17-10-7-12-3-1-2-4-16(12)20(17,24)19(15)22/h1-6,8-9,17-18,23-24H,7,10,22H2/t17-,18-,20+/m0/s1. The zero-order valence-electron chi connectivity index (χ0n) is 13.1. The van der Waals surface area contributed by atoms with Gasteiger partial charge in [-0.2, -0.15) is 5.26 Å². The van der Waals surface area contributed by atoms with Gasteiger partial charge in [-0.15, -0.1) is 0 Å². The molecular weight excluding hydrogens is 300 g/mol. The number of nitrogens with two attached hydrogens (primary N) is 1. The molecule has 4 N–H and O–H groups in total. The number of rotatable bonds is 1. The summed E-state index contributed by atoms with van der Waals surface area (Å²) in [4.78, 5) is 0. The van der Waals surface area contributed by atoms with Crippen molar-refractivity contribution in [2.24, 2.45) is 11.7 Å². The first-order valence-electron chi connectivity index (χ1n) is 8.07. The van der Waals surface area contributed by atoms with Crippen LogP contribution in [0.3, 0.4) is 0 Å². The summed E-state index contributed by atoms with van der Waals surface area (Å²) in [5.74, 6) is -0.253. The predicted octanol–water partition coefficient (Wildman–Crippen LogP) is 2.68. The Balaban J connectivity index is 1.91. The molecule has 0 bridgehead atoms. The molecule has 2 aliphatic rings. The molecule has 4 rings (SSSR count). The van der Waals surface area contributed by atoms with Crippen LogP contribution in [-0.4, -0.2) is 10.2 Å². The molecule has 24 heavy (non-hydrogen) atoms. The van der Waals surface area contributed by atoms with Crippen LogP contribution >= 0.6 is 0 Å². The Labute approximate surface area is 140 Å². The minimum absolute atomic E-state index is 0.174. The Morgan fingerprint density at radius 3 is 2.54 bits per heavy atom. The Bertz CT molecular complexity index is 879. The molecule has 0 saturated heterocycles. The van der Waals surface area contributed by atoms with E-state index in [1.54, 1.807) is 24.3 Å². The first kappa shape index (κ1) is 14.8. The number of benzene rings is 2. The highest BCUT2D eigenvalue weighted by Crippen LogP contribution is 2.57. The van der Waals surface area contributed by atoms with E-state index in [1.165, 1.54) is 0 Å². The van der Waals surface area contributed by atoms with E-state index in [4.69, 9.17) is 5.73 Å². The maximum atomic E-state index is 11.5. The van der Waals surface area contributed by atoms with Crippen LogP contribution in [0.1, 0.15) is 29.0 Å². The highest BCUT2D eigenvalue weighted by atomic mass is 16.3. The Kier molecular flexibility index (Phi) is 3.16. The highest BCUT2D eigenvalue weighted by Gasteiger charge is 2.55. The maximum absolute atomic E-state index is 11.5. The van der Waals surface area contributed by atoms with E-state index >= 15 is 0 Å². The molecule has 0 spiro atoms. The Morgan fingerprint density at radius 1 is 1.12 bits per heavy atom. The first-order chi connectivity index (χ1) is 11.6. The number of aliphatic hydroxyl groups is 1. The number of hydrogen-bond acceptors (Lipinski definition) is 4. The van der Waals surface area contributed by atoms with E-state index in [9.17, 15) is 15.5 Å². The number of aromatic hydroxyl groups is 1. The fourth-order valence-electron chi connectivity index (χ4n) is 4.37. The van der Waals surface area contributed by atoms with Crippen LogP contribution in [-0.2, 0) is 12.0 Å². The molecule has 4 nitrogen and oxygen atoms in total. The summed E-state index contributed by atoms with van der Waals surface area (Å²) < 4.78 is 0. The van der Waals surface area contributed by atoms with Crippen LogP contribution in [0.4, 0.5) is 0 Å². The number of phenols is 1. The second-order valence-electron chi connectivity index (χ2n) is 6.58. The van der Waals surface area contributed by atoms with Crippen molar-refractivity contribution in [3.63, 3.8) is 0 Å². The third-order valence-electron chi connectivity index (χ3n) is 5.48. The zero-order valence-corrected chi connectivity index (χ0v) is 13.1. The van der Waals surface area contributed by atoms with Gasteiger partial charge in [0.15, 0.2) is 0 Å². The third kappa shape index (κ3) is 1.82. The quantitative estimate of drug-likeness (QED) is 0.754. The van der Waals surface area contributed by atoms with Crippen LogP contribution in [0.2, 0.25) is 0 Å². The minimum atomic E-state index is -1.30. The molecule has 0 amide bonds. The molecule has 0 aromatic heterocycles. The van der Waals surface area contributed by atoms with Crippen LogP contribution < -0.4 is 5.73 Å². The lowest BCUT2D eigenvalue weighted by Crippen LogP contribution is -2.41. The van der Waals surface area contributed by atoms with Crippen molar-refractivity contribution in [3.8, 4) is 11.8 Å². The smallest absolute Gasteiger partial charge is 0.134 e. The zero-order chi connectivity index (χ0) is 16.9. The maximum Gasteiger partial charge on any atom is 0.134 e. The number of fused-ring (bicyclic) bond motifs is 3. The lowest BCUT2D eigenvalue weighted by molar-refractivity contribution is 0.00575. The van der Waals surface area contributed by atoms with Gasteiger partial charge in [-0.3, -0.25) is 0 Å². The van der Waals surface area contributed by atoms with Crippen molar-refractivity contribution in [2.75, 3.05) is 0 Å².